The van der Waals surface area contributed by atoms with Gasteiger partial charge in [0.15, 0.2) is 0 Å². The number of benzene rings is 2. The Morgan fingerprint density at radius 2 is 1.71 bits per heavy atom. The van der Waals surface area contributed by atoms with E-state index in [0.717, 1.165) is 11.1 Å². The summed E-state index contributed by atoms with van der Waals surface area (Å²) in [7, 11) is -3.71. The van der Waals surface area contributed by atoms with Gasteiger partial charge in [-0.3, -0.25) is 4.18 Å². The van der Waals surface area contributed by atoms with E-state index < -0.39 is 10.1 Å². The van der Waals surface area contributed by atoms with Crippen LogP contribution >= 0.6 is 0 Å². The third-order valence-electron chi connectivity index (χ3n) is 3.31. The summed E-state index contributed by atoms with van der Waals surface area (Å²) in [5.41, 5.74) is 3.04. The van der Waals surface area contributed by atoms with E-state index in [1.54, 1.807) is 24.3 Å². The molecule has 0 aliphatic carbocycles. The van der Waals surface area contributed by atoms with E-state index in [9.17, 15) is 8.42 Å². The molecule has 0 heterocycles. The van der Waals surface area contributed by atoms with Gasteiger partial charge < -0.3 is 0 Å². The summed E-state index contributed by atoms with van der Waals surface area (Å²) in [6.07, 6.45) is 0. The van der Waals surface area contributed by atoms with Crippen LogP contribution in [0.25, 0.3) is 0 Å². The summed E-state index contributed by atoms with van der Waals surface area (Å²) < 4.78 is 29.4. The SMILES string of the molecule is Cc1ccc(S(=O)(=O)OCc2cccc(C(C)C)c2)cc1. The van der Waals surface area contributed by atoms with E-state index in [0.29, 0.717) is 5.92 Å². The van der Waals surface area contributed by atoms with Crippen molar-refractivity contribution >= 4 is 10.1 Å². The van der Waals surface area contributed by atoms with E-state index in [1.165, 1.54) is 5.56 Å². The van der Waals surface area contributed by atoms with Crippen LogP contribution in [-0.2, 0) is 20.9 Å². The van der Waals surface area contributed by atoms with Crippen molar-refractivity contribution in [3.8, 4) is 0 Å². The van der Waals surface area contributed by atoms with Gasteiger partial charge in [-0.15, -0.1) is 0 Å². The van der Waals surface area contributed by atoms with Crippen LogP contribution in [-0.4, -0.2) is 8.42 Å². The summed E-state index contributed by atoms with van der Waals surface area (Å²) in [5.74, 6) is 0.402. The molecule has 0 unspecified atom stereocenters. The maximum absolute atomic E-state index is 12.1. The first kappa shape index (κ1) is 15.7. The Kier molecular flexibility index (Phi) is 4.80. The molecule has 0 bridgehead atoms. The predicted octanol–water partition coefficient (Wildman–Crippen LogP) is 4.02. The lowest BCUT2D eigenvalue weighted by molar-refractivity contribution is 0.308. The molecule has 4 heteroatoms. The molecule has 0 N–H and O–H groups in total. The second kappa shape index (κ2) is 6.41. The summed E-state index contributed by atoms with van der Waals surface area (Å²) in [5, 5.41) is 0. The maximum Gasteiger partial charge on any atom is 0.297 e. The van der Waals surface area contributed by atoms with Crippen molar-refractivity contribution in [1.82, 2.24) is 0 Å². The highest BCUT2D eigenvalue weighted by Crippen LogP contribution is 2.18. The fourth-order valence-corrected chi connectivity index (χ4v) is 2.86. The predicted molar refractivity (Wildman–Crippen MR) is 83.7 cm³/mol. The minimum atomic E-state index is -3.71. The van der Waals surface area contributed by atoms with Crippen LogP contribution in [0.2, 0.25) is 0 Å². The second-order valence-corrected chi connectivity index (χ2v) is 7.04. The van der Waals surface area contributed by atoms with Gasteiger partial charge in [-0.1, -0.05) is 55.8 Å². The lowest BCUT2D eigenvalue weighted by Gasteiger charge is -2.09. The molecule has 0 atom stereocenters. The molecular weight excluding hydrogens is 284 g/mol. The van der Waals surface area contributed by atoms with Crippen LogP contribution in [0.3, 0.4) is 0 Å². The molecule has 0 saturated carbocycles. The molecule has 0 aliphatic rings. The minimum Gasteiger partial charge on any atom is -0.262 e. The number of aryl methyl sites for hydroxylation is 1. The zero-order valence-corrected chi connectivity index (χ0v) is 13.4. The molecule has 0 aliphatic heterocycles. The Bertz CT molecular complexity index is 701. The maximum atomic E-state index is 12.1. The lowest BCUT2D eigenvalue weighted by Crippen LogP contribution is -2.06. The van der Waals surface area contributed by atoms with E-state index in [1.807, 2.05) is 31.2 Å². The topological polar surface area (TPSA) is 43.4 Å². The second-order valence-electron chi connectivity index (χ2n) is 5.43. The van der Waals surface area contributed by atoms with Crippen LogP contribution in [0.4, 0.5) is 0 Å². The molecule has 0 saturated heterocycles. The van der Waals surface area contributed by atoms with Crippen LogP contribution in [0.5, 0.6) is 0 Å². The lowest BCUT2D eigenvalue weighted by atomic mass is 10.0. The summed E-state index contributed by atoms with van der Waals surface area (Å²) in [6.45, 7) is 6.16. The molecule has 21 heavy (non-hydrogen) atoms. The Morgan fingerprint density at radius 3 is 2.33 bits per heavy atom. The van der Waals surface area contributed by atoms with Crippen molar-refractivity contribution < 1.29 is 12.6 Å². The molecule has 2 aromatic carbocycles. The highest BCUT2D eigenvalue weighted by Gasteiger charge is 2.15. The summed E-state index contributed by atoms with van der Waals surface area (Å²) in [4.78, 5) is 0.188. The standard InChI is InChI=1S/C17H20O3S/c1-13(2)16-6-4-5-15(11-16)12-20-21(18,19)17-9-7-14(3)8-10-17/h4-11,13H,12H2,1-3H3. The van der Waals surface area contributed by atoms with E-state index in [-0.39, 0.29) is 11.5 Å². The molecule has 3 nitrogen and oxygen atoms in total. The molecule has 2 rings (SSSR count). The monoisotopic (exact) mass is 304 g/mol. The van der Waals surface area contributed by atoms with Gasteiger partial charge in [0, 0.05) is 0 Å². The zero-order valence-electron chi connectivity index (χ0n) is 12.5. The van der Waals surface area contributed by atoms with Crippen LogP contribution in [0.1, 0.15) is 36.5 Å². The van der Waals surface area contributed by atoms with E-state index in [4.69, 9.17) is 4.18 Å². The van der Waals surface area contributed by atoms with Gasteiger partial charge in [-0.25, -0.2) is 0 Å². The molecular formula is C17H20O3S. The molecule has 112 valence electrons. The van der Waals surface area contributed by atoms with Gasteiger partial charge in [0.05, 0.1) is 11.5 Å². The quantitative estimate of drug-likeness (QED) is 0.783. The van der Waals surface area contributed by atoms with Gasteiger partial charge in [-0.2, -0.15) is 8.42 Å². The molecule has 2 aromatic rings. The van der Waals surface area contributed by atoms with Gasteiger partial charge >= 0.3 is 0 Å². The molecule has 0 spiro atoms. The van der Waals surface area contributed by atoms with Gasteiger partial charge in [0.2, 0.25) is 0 Å². The third-order valence-corrected chi connectivity index (χ3v) is 4.59. The first-order valence-electron chi connectivity index (χ1n) is 6.93. The summed E-state index contributed by atoms with van der Waals surface area (Å²) >= 11 is 0. The number of hydrogen-bond donors (Lipinski definition) is 0. The molecule has 0 amide bonds. The van der Waals surface area contributed by atoms with Crippen LogP contribution in [0.15, 0.2) is 53.4 Å². The third kappa shape index (κ3) is 4.16. The van der Waals surface area contributed by atoms with Gasteiger partial charge in [-0.05, 0) is 36.1 Å². The van der Waals surface area contributed by atoms with Crippen LogP contribution < -0.4 is 0 Å². The Labute approximate surface area is 126 Å². The average Bonchev–Trinajstić information content (AvgIpc) is 2.46. The Balaban J connectivity index is 2.11. The number of hydrogen-bond acceptors (Lipinski definition) is 3. The molecule has 0 radical (unpaired) electrons. The zero-order chi connectivity index (χ0) is 15.5. The van der Waals surface area contributed by atoms with Gasteiger partial charge in [0.1, 0.15) is 0 Å². The van der Waals surface area contributed by atoms with Crippen molar-refractivity contribution in [2.75, 3.05) is 0 Å². The Hall–Kier alpha value is -1.65. The van der Waals surface area contributed by atoms with Crippen molar-refractivity contribution in [3.05, 3.63) is 65.2 Å². The van der Waals surface area contributed by atoms with Crippen molar-refractivity contribution in [2.24, 2.45) is 0 Å². The normalized spacial score (nSPS) is 11.8. The van der Waals surface area contributed by atoms with Crippen molar-refractivity contribution in [2.45, 2.75) is 38.2 Å². The minimum absolute atomic E-state index is 0.0524. The fraction of sp³-hybridized carbons (Fsp3) is 0.294. The van der Waals surface area contributed by atoms with E-state index in [2.05, 4.69) is 13.8 Å². The smallest absolute Gasteiger partial charge is 0.262 e. The number of rotatable bonds is 5. The fourth-order valence-electron chi connectivity index (χ4n) is 1.96. The molecule has 0 aromatic heterocycles. The Morgan fingerprint density at radius 1 is 1.05 bits per heavy atom. The first-order chi connectivity index (χ1) is 9.88. The molecule has 0 fully saturated rings. The van der Waals surface area contributed by atoms with Crippen molar-refractivity contribution in [1.29, 1.82) is 0 Å². The highest BCUT2D eigenvalue weighted by molar-refractivity contribution is 7.86. The largest absolute Gasteiger partial charge is 0.297 e. The van der Waals surface area contributed by atoms with Gasteiger partial charge in [0.25, 0.3) is 10.1 Å². The van der Waals surface area contributed by atoms with E-state index >= 15 is 0 Å². The first-order valence-corrected chi connectivity index (χ1v) is 8.34. The van der Waals surface area contributed by atoms with Crippen LogP contribution in [0, 0.1) is 6.92 Å². The van der Waals surface area contributed by atoms with Crippen molar-refractivity contribution in [3.63, 3.8) is 0 Å². The highest BCUT2D eigenvalue weighted by atomic mass is 32.2. The summed E-state index contributed by atoms with van der Waals surface area (Å²) in [6, 6.07) is 14.5. The average molecular weight is 304 g/mol.